The van der Waals surface area contributed by atoms with Crippen molar-refractivity contribution >= 4 is 11.7 Å². The Bertz CT molecular complexity index is 379. The van der Waals surface area contributed by atoms with Crippen LogP contribution in [0.1, 0.15) is 6.42 Å². The second-order valence-corrected chi connectivity index (χ2v) is 3.63. The summed E-state index contributed by atoms with van der Waals surface area (Å²) in [5, 5.41) is 4.02. The average molecular weight is 203 g/mol. The first-order valence-corrected chi connectivity index (χ1v) is 4.91. The van der Waals surface area contributed by atoms with E-state index in [9.17, 15) is 4.79 Å². The smallest absolute Gasteiger partial charge is 0.332 e. The van der Waals surface area contributed by atoms with Gasteiger partial charge >= 0.3 is 6.03 Å². The van der Waals surface area contributed by atoms with E-state index in [0.717, 1.165) is 12.1 Å². The molecule has 0 fully saturated rings. The van der Waals surface area contributed by atoms with Gasteiger partial charge in [0.25, 0.3) is 0 Å². The zero-order valence-corrected chi connectivity index (χ0v) is 8.26. The van der Waals surface area contributed by atoms with E-state index in [-0.39, 0.29) is 5.92 Å². The maximum absolute atomic E-state index is 10.6. The van der Waals surface area contributed by atoms with Gasteiger partial charge in [-0.1, -0.05) is 36.5 Å². The van der Waals surface area contributed by atoms with Gasteiger partial charge < -0.3 is 5.73 Å². The van der Waals surface area contributed by atoms with Crippen LogP contribution in [0.2, 0.25) is 0 Å². The van der Waals surface area contributed by atoms with Crippen LogP contribution in [0, 0.1) is 11.8 Å². The molecule has 0 aromatic carbocycles. The molecule has 0 aliphatic heterocycles. The number of hydrazone groups is 1. The van der Waals surface area contributed by atoms with E-state index in [4.69, 9.17) is 5.73 Å². The van der Waals surface area contributed by atoms with Crippen molar-refractivity contribution < 1.29 is 4.79 Å². The predicted molar refractivity (Wildman–Crippen MR) is 59.2 cm³/mol. The number of primary amides is 1. The summed E-state index contributed by atoms with van der Waals surface area (Å²) in [7, 11) is 0. The largest absolute Gasteiger partial charge is 0.350 e. The topological polar surface area (TPSA) is 67.5 Å². The normalized spacial score (nSPS) is 30.3. The summed E-state index contributed by atoms with van der Waals surface area (Å²) in [6.07, 6.45) is 13.3. The van der Waals surface area contributed by atoms with Crippen molar-refractivity contribution in [1.29, 1.82) is 0 Å². The molecule has 0 aromatic rings. The number of carbonyl (C=O) groups excluding carboxylic acids is 1. The Balaban J connectivity index is 2.19. The molecule has 2 bridgehead atoms. The van der Waals surface area contributed by atoms with Gasteiger partial charge in [0.15, 0.2) is 0 Å². The number of amides is 2. The van der Waals surface area contributed by atoms with Crippen molar-refractivity contribution in [2.75, 3.05) is 0 Å². The molecule has 15 heavy (non-hydrogen) atoms. The van der Waals surface area contributed by atoms with Crippen LogP contribution in [0.3, 0.4) is 0 Å². The first kappa shape index (κ1) is 9.71. The highest BCUT2D eigenvalue weighted by molar-refractivity contribution is 5.92. The van der Waals surface area contributed by atoms with Gasteiger partial charge in [-0.25, -0.2) is 10.2 Å². The van der Waals surface area contributed by atoms with E-state index in [1.54, 1.807) is 0 Å². The molecule has 3 rings (SSSR count). The molecule has 4 nitrogen and oxygen atoms in total. The molecule has 3 aliphatic rings. The van der Waals surface area contributed by atoms with Gasteiger partial charge in [0.05, 0.1) is 0 Å². The molecule has 0 aromatic heterocycles. The first-order valence-electron chi connectivity index (χ1n) is 4.91. The van der Waals surface area contributed by atoms with Crippen LogP contribution < -0.4 is 11.2 Å². The fourth-order valence-corrected chi connectivity index (χ4v) is 1.76. The van der Waals surface area contributed by atoms with Gasteiger partial charge in [0, 0.05) is 17.5 Å². The van der Waals surface area contributed by atoms with E-state index in [1.165, 1.54) is 0 Å². The Kier molecular flexibility index (Phi) is 2.67. The van der Waals surface area contributed by atoms with Crippen LogP contribution in [-0.4, -0.2) is 11.7 Å². The fraction of sp³-hybridized carbons (Fsp3) is 0.273. The molecular formula is C11H13N3O. The summed E-state index contributed by atoms with van der Waals surface area (Å²) < 4.78 is 0. The second kappa shape index (κ2) is 4.13. The molecule has 4 heteroatoms. The van der Waals surface area contributed by atoms with Gasteiger partial charge in [-0.15, -0.1) is 0 Å². The molecule has 0 radical (unpaired) electrons. The Morgan fingerprint density at radius 2 is 2.13 bits per heavy atom. The summed E-state index contributed by atoms with van der Waals surface area (Å²) in [6, 6.07) is -0.621. The number of allylic oxidation sites excluding steroid dienone is 6. The van der Waals surface area contributed by atoms with Crippen LogP contribution >= 0.6 is 0 Å². The Morgan fingerprint density at radius 1 is 1.33 bits per heavy atom. The molecule has 2 amide bonds. The minimum absolute atomic E-state index is 0.179. The van der Waals surface area contributed by atoms with Gasteiger partial charge in [-0.3, -0.25) is 0 Å². The summed E-state index contributed by atoms with van der Waals surface area (Å²) in [4.78, 5) is 10.6. The van der Waals surface area contributed by atoms with Crippen molar-refractivity contribution in [1.82, 2.24) is 5.43 Å². The van der Waals surface area contributed by atoms with E-state index >= 15 is 0 Å². The molecule has 2 atom stereocenters. The summed E-state index contributed by atoms with van der Waals surface area (Å²) in [6.45, 7) is 0. The number of nitrogens with two attached hydrogens (primary N) is 1. The van der Waals surface area contributed by atoms with E-state index in [0.29, 0.717) is 5.92 Å². The number of hydrogen-bond acceptors (Lipinski definition) is 2. The Hall–Kier alpha value is -1.84. The van der Waals surface area contributed by atoms with Crippen LogP contribution in [0.25, 0.3) is 0 Å². The third-order valence-corrected chi connectivity index (χ3v) is 2.49. The Morgan fingerprint density at radius 3 is 2.93 bits per heavy atom. The number of nitrogens with zero attached hydrogens (tertiary/aromatic N) is 1. The van der Waals surface area contributed by atoms with Crippen molar-refractivity contribution in [3.05, 3.63) is 36.5 Å². The number of nitrogens with one attached hydrogen (secondary N) is 1. The number of urea groups is 1. The molecule has 3 aliphatic carbocycles. The number of carbonyl (C=O) groups is 1. The lowest BCUT2D eigenvalue weighted by Crippen LogP contribution is -2.29. The fourth-order valence-electron chi connectivity index (χ4n) is 1.76. The summed E-state index contributed by atoms with van der Waals surface area (Å²) in [5.41, 5.74) is 8.20. The standard InChI is InChI=1S/C11H13N3O/c12-11(15)14-13-10-7-8-3-1-2-4-9(10)6-5-8/h1-6,8-9H,7H2,(H3,12,14,15). The summed E-state index contributed by atoms with van der Waals surface area (Å²) in [5.74, 6) is 0.553. The quantitative estimate of drug-likeness (QED) is 0.490. The molecule has 0 heterocycles. The molecule has 3 N–H and O–H groups in total. The van der Waals surface area contributed by atoms with Crippen LogP contribution in [0.5, 0.6) is 0 Å². The molecule has 2 unspecified atom stereocenters. The summed E-state index contributed by atoms with van der Waals surface area (Å²) >= 11 is 0. The monoisotopic (exact) mass is 203 g/mol. The predicted octanol–water partition coefficient (Wildman–Crippen LogP) is 1.33. The van der Waals surface area contributed by atoms with Crippen LogP contribution in [-0.2, 0) is 0 Å². The SMILES string of the molecule is NC(=O)NN=C1CC2C=CC=CC1C=C2. The van der Waals surface area contributed by atoms with E-state index < -0.39 is 6.03 Å². The molecule has 0 saturated heterocycles. The van der Waals surface area contributed by atoms with Crippen molar-refractivity contribution in [3.8, 4) is 0 Å². The van der Waals surface area contributed by atoms with Gasteiger partial charge in [0.2, 0.25) is 0 Å². The third kappa shape index (κ3) is 2.34. The van der Waals surface area contributed by atoms with Crippen LogP contribution in [0.15, 0.2) is 41.6 Å². The van der Waals surface area contributed by atoms with Crippen molar-refractivity contribution in [3.63, 3.8) is 0 Å². The molecular weight excluding hydrogens is 190 g/mol. The number of rotatable bonds is 1. The lowest BCUT2D eigenvalue weighted by atomic mass is 9.84. The lowest BCUT2D eigenvalue weighted by molar-refractivity contribution is 0.249. The average Bonchev–Trinajstić information content (AvgIpc) is 2.15. The highest BCUT2D eigenvalue weighted by Gasteiger charge is 2.20. The maximum atomic E-state index is 10.6. The third-order valence-electron chi connectivity index (χ3n) is 2.49. The van der Waals surface area contributed by atoms with Gasteiger partial charge in [0.1, 0.15) is 0 Å². The zero-order chi connectivity index (χ0) is 10.7. The van der Waals surface area contributed by atoms with Crippen LogP contribution in [0.4, 0.5) is 4.79 Å². The van der Waals surface area contributed by atoms with E-state index in [2.05, 4.69) is 28.8 Å². The Labute approximate surface area is 88.2 Å². The second-order valence-electron chi connectivity index (χ2n) is 3.63. The molecule has 0 saturated carbocycles. The van der Waals surface area contributed by atoms with E-state index in [1.807, 2.05) is 18.2 Å². The zero-order valence-electron chi connectivity index (χ0n) is 8.26. The minimum atomic E-state index is -0.621. The van der Waals surface area contributed by atoms with Crippen molar-refractivity contribution in [2.24, 2.45) is 22.7 Å². The number of hydrogen-bond donors (Lipinski definition) is 2. The maximum Gasteiger partial charge on any atom is 0.332 e. The van der Waals surface area contributed by atoms with Gasteiger partial charge in [-0.05, 0) is 6.42 Å². The first-order chi connectivity index (χ1) is 7.25. The number of fused-ring (bicyclic) bond motifs is 2. The van der Waals surface area contributed by atoms with Crippen molar-refractivity contribution in [2.45, 2.75) is 6.42 Å². The lowest BCUT2D eigenvalue weighted by Gasteiger charge is -2.22. The highest BCUT2D eigenvalue weighted by Crippen LogP contribution is 2.24. The molecule has 0 spiro atoms. The highest BCUT2D eigenvalue weighted by atomic mass is 16.2. The minimum Gasteiger partial charge on any atom is -0.350 e. The molecule has 78 valence electrons. The van der Waals surface area contributed by atoms with Gasteiger partial charge in [-0.2, -0.15) is 5.10 Å².